The number of ether oxygens (including phenoxy) is 1. The van der Waals surface area contributed by atoms with Gasteiger partial charge in [-0.15, -0.1) is 11.3 Å². The van der Waals surface area contributed by atoms with Crippen LogP contribution in [0.5, 0.6) is 0 Å². The third-order valence-corrected chi connectivity index (χ3v) is 4.99. The fraction of sp³-hybridized carbons (Fsp3) is 0.222. The minimum absolute atomic E-state index is 0.0368. The van der Waals surface area contributed by atoms with Gasteiger partial charge in [0.25, 0.3) is 11.8 Å². The van der Waals surface area contributed by atoms with Gasteiger partial charge < -0.3 is 10.1 Å². The molecule has 1 aliphatic rings. The Morgan fingerprint density at radius 2 is 1.77 bits per heavy atom. The smallest absolute Gasteiger partial charge is 0.307 e. The average molecular weight is 372 g/mol. The molecule has 0 bridgehead atoms. The molecule has 0 aliphatic carbocycles. The number of methoxy groups -OCH3 is 1. The monoisotopic (exact) mass is 372 g/mol. The van der Waals surface area contributed by atoms with Crippen molar-refractivity contribution in [3.05, 3.63) is 57.8 Å². The molecule has 2 aromatic rings. The lowest BCUT2D eigenvalue weighted by Crippen LogP contribution is -2.41. The van der Waals surface area contributed by atoms with E-state index >= 15 is 0 Å². The number of thiophene rings is 1. The number of nitrogens with zero attached hydrogens (tertiary/aromatic N) is 1. The van der Waals surface area contributed by atoms with Gasteiger partial charge in [0.15, 0.2) is 0 Å². The molecule has 8 heteroatoms. The first-order chi connectivity index (χ1) is 12.5. The fourth-order valence-corrected chi connectivity index (χ4v) is 3.51. The van der Waals surface area contributed by atoms with Gasteiger partial charge in [0.1, 0.15) is 6.54 Å². The van der Waals surface area contributed by atoms with Crippen molar-refractivity contribution in [2.24, 2.45) is 0 Å². The lowest BCUT2D eigenvalue weighted by molar-refractivity contribution is -0.141. The van der Waals surface area contributed by atoms with Crippen LogP contribution in [0.4, 0.5) is 0 Å². The number of esters is 1. The van der Waals surface area contributed by atoms with Crippen molar-refractivity contribution in [1.29, 1.82) is 0 Å². The minimum atomic E-state index is -0.579. The molecule has 0 saturated carbocycles. The van der Waals surface area contributed by atoms with E-state index in [0.717, 1.165) is 9.78 Å². The van der Waals surface area contributed by atoms with Crippen LogP contribution in [-0.2, 0) is 14.3 Å². The van der Waals surface area contributed by atoms with Gasteiger partial charge in [-0.1, -0.05) is 18.2 Å². The van der Waals surface area contributed by atoms with Crippen LogP contribution in [0.3, 0.4) is 0 Å². The Balaban J connectivity index is 1.70. The van der Waals surface area contributed by atoms with Crippen molar-refractivity contribution in [3.8, 4) is 0 Å². The number of hydrogen-bond donors (Lipinski definition) is 1. The summed E-state index contributed by atoms with van der Waals surface area (Å²) in [7, 11) is 1.27. The highest BCUT2D eigenvalue weighted by atomic mass is 32.1. The van der Waals surface area contributed by atoms with E-state index in [-0.39, 0.29) is 17.5 Å². The summed E-state index contributed by atoms with van der Waals surface area (Å²) in [6.07, 6.45) is -0.0368. The number of benzene rings is 1. The van der Waals surface area contributed by atoms with Gasteiger partial charge in [-0.05, 0) is 23.6 Å². The summed E-state index contributed by atoms with van der Waals surface area (Å²) in [5.41, 5.74) is 0.573. The summed E-state index contributed by atoms with van der Waals surface area (Å²) >= 11 is 1.39. The Kier molecular flexibility index (Phi) is 5.13. The zero-order valence-corrected chi connectivity index (χ0v) is 14.7. The lowest BCUT2D eigenvalue weighted by Gasteiger charge is -2.19. The van der Waals surface area contributed by atoms with Crippen molar-refractivity contribution < 1.29 is 23.9 Å². The highest BCUT2D eigenvalue weighted by molar-refractivity contribution is 7.10. The molecular weight excluding hydrogens is 356 g/mol. The van der Waals surface area contributed by atoms with Crippen LogP contribution in [0.1, 0.15) is 38.1 Å². The molecule has 1 atom stereocenters. The van der Waals surface area contributed by atoms with Crippen LogP contribution in [-0.4, -0.2) is 42.2 Å². The number of hydrogen-bond acceptors (Lipinski definition) is 6. The van der Waals surface area contributed by atoms with Crippen molar-refractivity contribution in [2.45, 2.75) is 12.5 Å². The lowest BCUT2D eigenvalue weighted by atomic mass is 10.1. The number of rotatable bonds is 6. The van der Waals surface area contributed by atoms with E-state index in [1.807, 2.05) is 5.38 Å². The van der Waals surface area contributed by atoms with E-state index in [4.69, 9.17) is 0 Å². The van der Waals surface area contributed by atoms with Crippen LogP contribution < -0.4 is 5.32 Å². The molecule has 0 unspecified atom stereocenters. The molecule has 26 heavy (non-hydrogen) atoms. The number of nitrogens with one attached hydrogen (secondary N) is 1. The predicted molar refractivity (Wildman–Crippen MR) is 93.6 cm³/mol. The zero-order valence-electron chi connectivity index (χ0n) is 13.9. The van der Waals surface area contributed by atoms with Crippen molar-refractivity contribution in [2.75, 3.05) is 13.7 Å². The first kappa shape index (κ1) is 17.8. The SMILES string of the molecule is COC(=O)C[C@@H](NC(=O)CN1C(=O)c2ccccc2C1=O)c1cccs1. The van der Waals surface area contributed by atoms with Gasteiger partial charge in [0, 0.05) is 4.88 Å². The van der Waals surface area contributed by atoms with E-state index in [2.05, 4.69) is 10.1 Å². The maximum absolute atomic E-state index is 12.4. The molecule has 0 radical (unpaired) electrons. The fourth-order valence-electron chi connectivity index (χ4n) is 2.73. The molecule has 7 nitrogen and oxygen atoms in total. The molecular formula is C18H16N2O5S. The third kappa shape index (κ3) is 3.50. The highest BCUT2D eigenvalue weighted by Gasteiger charge is 2.36. The Hall–Kier alpha value is -3.00. The van der Waals surface area contributed by atoms with Crippen LogP contribution in [0.25, 0.3) is 0 Å². The molecule has 1 N–H and O–H groups in total. The second-order valence-corrected chi connectivity index (χ2v) is 6.64. The number of imide groups is 1. The summed E-state index contributed by atoms with van der Waals surface area (Å²) in [5, 5.41) is 4.53. The van der Waals surface area contributed by atoms with E-state index in [9.17, 15) is 19.2 Å². The zero-order chi connectivity index (χ0) is 18.7. The number of carbonyl (C=O) groups excluding carboxylic acids is 4. The van der Waals surface area contributed by atoms with Crippen molar-refractivity contribution in [3.63, 3.8) is 0 Å². The second-order valence-electron chi connectivity index (χ2n) is 5.66. The Labute approximate surface area is 153 Å². The highest BCUT2D eigenvalue weighted by Crippen LogP contribution is 2.24. The van der Waals surface area contributed by atoms with Gasteiger partial charge in [-0.3, -0.25) is 24.1 Å². The first-order valence-electron chi connectivity index (χ1n) is 7.86. The normalized spacial score (nSPS) is 14.1. The minimum Gasteiger partial charge on any atom is -0.469 e. The topological polar surface area (TPSA) is 92.8 Å². The second kappa shape index (κ2) is 7.49. The standard InChI is InChI=1S/C18H16N2O5S/c1-25-16(22)9-13(14-7-4-8-26-14)19-15(21)10-20-17(23)11-5-2-3-6-12(11)18(20)24/h2-8,13H,9-10H2,1H3,(H,19,21)/t13-/m1/s1. The average Bonchev–Trinajstić information content (AvgIpc) is 3.25. The summed E-state index contributed by atoms with van der Waals surface area (Å²) in [5.74, 6) is -1.99. The quantitative estimate of drug-likeness (QED) is 0.616. The Morgan fingerprint density at radius 3 is 2.31 bits per heavy atom. The maximum Gasteiger partial charge on any atom is 0.307 e. The molecule has 1 aromatic heterocycles. The van der Waals surface area contributed by atoms with Crippen LogP contribution in [0.2, 0.25) is 0 Å². The number of carbonyl (C=O) groups is 4. The molecule has 1 aliphatic heterocycles. The largest absolute Gasteiger partial charge is 0.469 e. The molecule has 1 aromatic carbocycles. The van der Waals surface area contributed by atoms with Crippen molar-refractivity contribution in [1.82, 2.24) is 10.2 Å². The summed E-state index contributed by atoms with van der Waals surface area (Å²) < 4.78 is 4.67. The van der Waals surface area contributed by atoms with Crippen molar-refractivity contribution >= 4 is 35.0 Å². The number of amides is 3. The molecule has 134 valence electrons. The maximum atomic E-state index is 12.4. The molecule has 0 spiro atoms. The Morgan fingerprint density at radius 1 is 1.12 bits per heavy atom. The van der Waals surface area contributed by atoms with Gasteiger partial charge in [-0.2, -0.15) is 0 Å². The molecule has 3 amide bonds. The van der Waals surface area contributed by atoms with Gasteiger partial charge >= 0.3 is 5.97 Å². The van der Waals surface area contributed by atoms with Crippen LogP contribution in [0.15, 0.2) is 41.8 Å². The van der Waals surface area contributed by atoms with E-state index < -0.39 is 36.3 Å². The molecule has 0 fully saturated rings. The third-order valence-electron chi connectivity index (χ3n) is 4.00. The van der Waals surface area contributed by atoms with Crippen LogP contribution >= 0.6 is 11.3 Å². The summed E-state index contributed by atoms with van der Waals surface area (Å²) in [6.45, 7) is -0.407. The summed E-state index contributed by atoms with van der Waals surface area (Å²) in [4.78, 5) is 50.4. The Bertz CT molecular complexity index is 827. The summed E-state index contributed by atoms with van der Waals surface area (Å²) in [6, 6.07) is 9.46. The van der Waals surface area contributed by atoms with Gasteiger partial charge in [-0.25, -0.2) is 0 Å². The first-order valence-corrected chi connectivity index (χ1v) is 8.74. The number of fused-ring (bicyclic) bond motifs is 1. The molecule has 0 saturated heterocycles. The molecule has 3 rings (SSSR count). The van der Waals surface area contributed by atoms with Gasteiger partial charge in [0.05, 0.1) is 30.7 Å². The van der Waals surface area contributed by atoms with E-state index in [1.54, 1.807) is 36.4 Å². The van der Waals surface area contributed by atoms with E-state index in [0.29, 0.717) is 0 Å². The molecule has 2 heterocycles. The predicted octanol–water partition coefficient (Wildman–Crippen LogP) is 1.76. The van der Waals surface area contributed by atoms with E-state index in [1.165, 1.54) is 18.4 Å². The van der Waals surface area contributed by atoms with Crippen LogP contribution in [0, 0.1) is 0 Å². The van der Waals surface area contributed by atoms with Gasteiger partial charge in [0.2, 0.25) is 5.91 Å².